The van der Waals surface area contributed by atoms with Crippen LogP contribution in [0.15, 0.2) is 24.3 Å². The molecule has 0 atom stereocenters. The molecule has 1 N–H and O–H groups in total. The van der Waals surface area contributed by atoms with Crippen LogP contribution >= 0.6 is 0 Å². The van der Waals surface area contributed by atoms with Crippen LogP contribution in [-0.4, -0.2) is 37.0 Å². The lowest BCUT2D eigenvalue weighted by Crippen LogP contribution is -2.38. The molecule has 4 heteroatoms. The van der Waals surface area contributed by atoms with Gasteiger partial charge in [-0.1, -0.05) is 31.2 Å². The third kappa shape index (κ3) is 5.85. The summed E-state index contributed by atoms with van der Waals surface area (Å²) in [6, 6.07) is 10.3. The van der Waals surface area contributed by atoms with Crippen LogP contribution < -0.4 is 5.32 Å². The molecule has 0 aliphatic heterocycles. The van der Waals surface area contributed by atoms with E-state index in [1.165, 1.54) is 11.1 Å². The van der Waals surface area contributed by atoms with E-state index in [1.54, 1.807) is 0 Å². The number of benzene rings is 1. The number of carbonyl (C=O) groups is 1. The molecule has 0 aliphatic carbocycles. The molecule has 1 aromatic rings. The van der Waals surface area contributed by atoms with Gasteiger partial charge in [-0.2, -0.15) is 5.26 Å². The van der Waals surface area contributed by atoms with Crippen LogP contribution in [0.25, 0.3) is 0 Å². The van der Waals surface area contributed by atoms with E-state index in [4.69, 9.17) is 5.26 Å². The number of rotatable bonds is 8. The highest BCUT2D eigenvalue weighted by atomic mass is 16.2. The summed E-state index contributed by atoms with van der Waals surface area (Å²) in [6.07, 6.45) is 1.78. The molecule has 0 aromatic heterocycles. The van der Waals surface area contributed by atoms with E-state index in [9.17, 15) is 4.79 Å². The summed E-state index contributed by atoms with van der Waals surface area (Å²) in [4.78, 5) is 13.7. The van der Waals surface area contributed by atoms with Gasteiger partial charge in [0.25, 0.3) is 0 Å². The van der Waals surface area contributed by atoms with Crippen LogP contribution in [0.2, 0.25) is 0 Å². The normalized spacial score (nSPS) is 10.3. The highest BCUT2D eigenvalue weighted by molar-refractivity contribution is 5.78. The first-order chi connectivity index (χ1) is 9.67. The molecule has 0 fully saturated rings. The molecule has 0 radical (unpaired) electrons. The monoisotopic (exact) mass is 273 g/mol. The van der Waals surface area contributed by atoms with Crippen molar-refractivity contribution in [3.8, 4) is 6.07 Å². The van der Waals surface area contributed by atoms with Gasteiger partial charge in [-0.25, -0.2) is 0 Å². The topological polar surface area (TPSA) is 56.1 Å². The Labute approximate surface area is 121 Å². The largest absolute Gasteiger partial charge is 0.355 e. The van der Waals surface area contributed by atoms with Gasteiger partial charge in [0.2, 0.25) is 5.91 Å². The van der Waals surface area contributed by atoms with Crippen molar-refractivity contribution < 1.29 is 4.79 Å². The second kappa shape index (κ2) is 9.11. The van der Waals surface area contributed by atoms with Crippen LogP contribution in [0.4, 0.5) is 0 Å². The molecular weight excluding hydrogens is 250 g/mol. The van der Waals surface area contributed by atoms with Crippen LogP contribution in [0.5, 0.6) is 0 Å². The van der Waals surface area contributed by atoms with Crippen molar-refractivity contribution in [2.75, 3.05) is 26.2 Å². The number of nitrogens with zero attached hydrogens (tertiary/aromatic N) is 2. The summed E-state index contributed by atoms with van der Waals surface area (Å²) in [5.41, 5.74) is 2.51. The minimum Gasteiger partial charge on any atom is -0.355 e. The molecule has 20 heavy (non-hydrogen) atoms. The van der Waals surface area contributed by atoms with Crippen LogP contribution in [0.3, 0.4) is 0 Å². The van der Waals surface area contributed by atoms with Crippen LogP contribution in [0.1, 0.15) is 24.5 Å². The van der Waals surface area contributed by atoms with Gasteiger partial charge in [0, 0.05) is 6.54 Å². The molecule has 0 heterocycles. The molecule has 0 unspecified atom stereocenters. The van der Waals surface area contributed by atoms with Gasteiger partial charge < -0.3 is 5.32 Å². The summed E-state index contributed by atoms with van der Waals surface area (Å²) in [5.74, 6) is -0.0118. The highest BCUT2D eigenvalue weighted by Gasteiger charge is 2.09. The second-order valence-electron chi connectivity index (χ2n) is 4.90. The second-order valence-corrected chi connectivity index (χ2v) is 4.90. The Hall–Kier alpha value is -1.86. The molecular formula is C16H23N3O. The van der Waals surface area contributed by atoms with Gasteiger partial charge >= 0.3 is 0 Å². The summed E-state index contributed by atoms with van der Waals surface area (Å²) in [7, 11) is 0. The molecule has 1 aromatic carbocycles. The fourth-order valence-corrected chi connectivity index (χ4v) is 2.12. The summed E-state index contributed by atoms with van der Waals surface area (Å²) < 4.78 is 0. The van der Waals surface area contributed by atoms with Crippen molar-refractivity contribution in [1.82, 2.24) is 10.2 Å². The molecule has 0 aliphatic rings. The lowest BCUT2D eigenvalue weighted by atomic mass is 10.1. The third-order valence-corrected chi connectivity index (χ3v) is 3.18. The van der Waals surface area contributed by atoms with E-state index in [-0.39, 0.29) is 5.91 Å². The maximum Gasteiger partial charge on any atom is 0.234 e. The number of aryl methyl sites for hydroxylation is 1. The molecule has 4 nitrogen and oxygen atoms in total. The number of hydrogen-bond acceptors (Lipinski definition) is 3. The summed E-state index contributed by atoms with van der Waals surface area (Å²) in [6.45, 7) is 6.14. The number of hydrogen-bond donors (Lipinski definition) is 1. The third-order valence-electron chi connectivity index (χ3n) is 3.18. The Balaban J connectivity index is 2.33. The zero-order valence-electron chi connectivity index (χ0n) is 12.4. The molecule has 108 valence electrons. The maximum atomic E-state index is 11.8. The Morgan fingerprint density at radius 1 is 1.40 bits per heavy atom. The van der Waals surface area contributed by atoms with Crippen molar-refractivity contribution >= 4 is 5.91 Å². The Bertz CT molecular complexity index is 465. The lowest BCUT2D eigenvalue weighted by molar-refractivity contribution is -0.122. The van der Waals surface area contributed by atoms with E-state index in [2.05, 4.69) is 30.4 Å². The van der Waals surface area contributed by atoms with E-state index >= 15 is 0 Å². The molecule has 1 rings (SSSR count). The summed E-state index contributed by atoms with van der Waals surface area (Å²) >= 11 is 0. The van der Waals surface area contributed by atoms with Crippen LogP contribution in [0, 0.1) is 18.3 Å². The van der Waals surface area contributed by atoms with Gasteiger partial charge in [0.15, 0.2) is 0 Å². The zero-order chi connectivity index (χ0) is 14.8. The summed E-state index contributed by atoms with van der Waals surface area (Å²) in [5, 5.41) is 11.6. The Morgan fingerprint density at radius 2 is 2.15 bits per heavy atom. The van der Waals surface area contributed by atoms with Crippen molar-refractivity contribution in [2.45, 2.75) is 26.7 Å². The van der Waals surface area contributed by atoms with Crippen LogP contribution in [-0.2, 0) is 11.2 Å². The number of carbonyl (C=O) groups excluding carboxylic acids is 1. The van der Waals surface area contributed by atoms with E-state index in [0.29, 0.717) is 19.6 Å². The fourth-order valence-electron chi connectivity index (χ4n) is 2.12. The predicted octanol–water partition coefficient (Wildman–Crippen LogP) is 1.89. The van der Waals surface area contributed by atoms with E-state index in [0.717, 1.165) is 19.4 Å². The molecule has 0 saturated heterocycles. The average Bonchev–Trinajstić information content (AvgIpc) is 2.41. The highest BCUT2D eigenvalue weighted by Crippen LogP contribution is 2.06. The molecule has 1 amide bonds. The fraction of sp³-hybridized carbons (Fsp3) is 0.500. The minimum atomic E-state index is -0.0118. The van der Waals surface area contributed by atoms with Gasteiger partial charge in [0.1, 0.15) is 0 Å². The van der Waals surface area contributed by atoms with Gasteiger partial charge in [-0.15, -0.1) is 0 Å². The minimum absolute atomic E-state index is 0.0118. The van der Waals surface area contributed by atoms with E-state index < -0.39 is 0 Å². The van der Waals surface area contributed by atoms with Gasteiger partial charge in [0.05, 0.1) is 19.2 Å². The Kier molecular flexibility index (Phi) is 7.38. The first-order valence-corrected chi connectivity index (χ1v) is 7.08. The van der Waals surface area contributed by atoms with Crippen molar-refractivity contribution in [2.24, 2.45) is 0 Å². The zero-order valence-corrected chi connectivity index (χ0v) is 12.4. The smallest absolute Gasteiger partial charge is 0.234 e. The quantitative estimate of drug-likeness (QED) is 0.736. The average molecular weight is 273 g/mol. The number of nitriles is 1. The first-order valence-electron chi connectivity index (χ1n) is 7.08. The SMILES string of the molecule is CCCN(CC#N)CC(=O)NCCc1ccccc1C. The van der Waals surface area contributed by atoms with Crippen molar-refractivity contribution in [3.63, 3.8) is 0 Å². The Morgan fingerprint density at radius 3 is 2.80 bits per heavy atom. The van der Waals surface area contributed by atoms with Crippen molar-refractivity contribution in [3.05, 3.63) is 35.4 Å². The van der Waals surface area contributed by atoms with Gasteiger partial charge in [-0.3, -0.25) is 9.69 Å². The van der Waals surface area contributed by atoms with E-state index in [1.807, 2.05) is 24.0 Å². The maximum absolute atomic E-state index is 11.8. The number of amides is 1. The molecule has 0 saturated carbocycles. The van der Waals surface area contributed by atoms with Crippen molar-refractivity contribution in [1.29, 1.82) is 5.26 Å². The standard InChI is InChI=1S/C16H23N3O/c1-3-11-19(12-9-17)13-16(20)18-10-8-15-7-5-4-6-14(15)2/h4-7H,3,8,10-13H2,1-2H3,(H,18,20). The lowest BCUT2D eigenvalue weighted by Gasteiger charge is -2.17. The van der Waals surface area contributed by atoms with Gasteiger partial charge in [-0.05, 0) is 37.4 Å². The first kappa shape index (κ1) is 16.2. The molecule has 0 spiro atoms. The molecule has 0 bridgehead atoms. The predicted molar refractivity (Wildman–Crippen MR) is 80.2 cm³/mol. The number of nitrogens with one attached hydrogen (secondary N) is 1.